The fourth-order valence-electron chi connectivity index (χ4n) is 2.49. The molecule has 0 unspecified atom stereocenters. The summed E-state index contributed by atoms with van der Waals surface area (Å²) >= 11 is 0. The molecule has 6 nitrogen and oxygen atoms in total. The van der Waals surface area contributed by atoms with E-state index in [9.17, 15) is 14.0 Å². The minimum atomic E-state index is -0.355. The number of rotatable bonds is 4. The number of hydrogen-bond donors (Lipinski definition) is 0. The maximum Gasteiger partial charge on any atom is 0.260 e. The first-order valence-corrected chi connectivity index (χ1v) is 7.61. The number of furan rings is 1. The predicted octanol–water partition coefficient (Wildman–Crippen LogP) is 1.78. The molecule has 1 aromatic carbocycles. The molecular formula is C17H17FN2O4. The van der Waals surface area contributed by atoms with Gasteiger partial charge >= 0.3 is 0 Å². The van der Waals surface area contributed by atoms with Crippen LogP contribution in [0, 0.1) is 5.82 Å². The van der Waals surface area contributed by atoms with Crippen molar-refractivity contribution in [2.24, 2.45) is 0 Å². The lowest BCUT2D eigenvalue weighted by atomic mass is 10.2. The Balaban J connectivity index is 1.46. The molecule has 1 aliphatic rings. The van der Waals surface area contributed by atoms with Crippen LogP contribution in [0.2, 0.25) is 0 Å². The second-order valence-electron chi connectivity index (χ2n) is 5.43. The van der Waals surface area contributed by atoms with Crippen molar-refractivity contribution in [1.29, 1.82) is 0 Å². The minimum absolute atomic E-state index is 0.0987. The standard InChI is InChI=1S/C17H17FN2O4/c18-14-1-3-15(4-2-14)24-12-16(21)19-6-8-20(9-7-19)17(22)13-5-10-23-11-13/h1-5,10-11H,6-9,12H2. The molecule has 7 heteroatoms. The van der Waals surface area contributed by atoms with E-state index in [-0.39, 0.29) is 24.2 Å². The number of carbonyl (C=O) groups excluding carboxylic acids is 2. The summed E-state index contributed by atoms with van der Waals surface area (Å²) in [6.45, 7) is 1.73. The molecule has 0 N–H and O–H groups in total. The molecule has 1 saturated heterocycles. The van der Waals surface area contributed by atoms with Gasteiger partial charge in [-0.25, -0.2) is 4.39 Å². The maximum absolute atomic E-state index is 12.8. The SMILES string of the molecule is O=C(COc1ccc(F)cc1)N1CCN(C(=O)c2ccoc2)CC1. The quantitative estimate of drug-likeness (QED) is 0.856. The summed E-state index contributed by atoms with van der Waals surface area (Å²) in [7, 11) is 0. The Hall–Kier alpha value is -2.83. The summed E-state index contributed by atoms with van der Waals surface area (Å²) in [5.74, 6) is -0.168. The van der Waals surface area contributed by atoms with E-state index in [1.165, 1.54) is 36.8 Å². The third-order valence-corrected chi connectivity index (χ3v) is 3.86. The highest BCUT2D eigenvalue weighted by Gasteiger charge is 2.25. The zero-order chi connectivity index (χ0) is 16.9. The predicted molar refractivity (Wildman–Crippen MR) is 83.1 cm³/mol. The Bertz CT molecular complexity index is 692. The van der Waals surface area contributed by atoms with Gasteiger partial charge in [0, 0.05) is 26.2 Å². The van der Waals surface area contributed by atoms with E-state index in [2.05, 4.69) is 0 Å². The molecule has 0 radical (unpaired) electrons. The van der Waals surface area contributed by atoms with Crippen LogP contribution in [-0.4, -0.2) is 54.4 Å². The summed E-state index contributed by atoms with van der Waals surface area (Å²) < 4.78 is 23.1. The van der Waals surface area contributed by atoms with Crippen LogP contribution in [-0.2, 0) is 4.79 Å². The van der Waals surface area contributed by atoms with Gasteiger partial charge in [0.1, 0.15) is 17.8 Å². The molecule has 2 heterocycles. The van der Waals surface area contributed by atoms with Gasteiger partial charge in [0.25, 0.3) is 11.8 Å². The van der Waals surface area contributed by atoms with Crippen LogP contribution in [0.5, 0.6) is 5.75 Å². The number of nitrogens with zero attached hydrogens (tertiary/aromatic N) is 2. The summed E-state index contributed by atoms with van der Waals surface area (Å²) in [6.07, 6.45) is 2.87. The molecule has 1 fully saturated rings. The number of ether oxygens (including phenoxy) is 1. The molecule has 1 aliphatic heterocycles. The first kappa shape index (κ1) is 16.0. The smallest absolute Gasteiger partial charge is 0.260 e. The summed E-state index contributed by atoms with van der Waals surface area (Å²) in [5.41, 5.74) is 0.509. The Kier molecular flexibility index (Phi) is 4.79. The Morgan fingerprint density at radius 3 is 2.33 bits per heavy atom. The molecule has 1 aromatic heterocycles. The largest absolute Gasteiger partial charge is 0.484 e. The number of amides is 2. The maximum atomic E-state index is 12.8. The first-order valence-electron chi connectivity index (χ1n) is 7.61. The van der Waals surface area contributed by atoms with Gasteiger partial charge in [0.15, 0.2) is 6.61 Å². The third-order valence-electron chi connectivity index (χ3n) is 3.86. The zero-order valence-electron chi connectivity index (χ0n) is 13.0. The molecule has 0 saturated carbocycles. The average Bonchev–Trinajstić information content (AvgIpc) is 3.15. The lowest BCUT2D eigenvalue weighted by Gasteiger charge is -2.34. The number of piperazine rings is 1. The molecule has 3 rings (SSSR count). The fourth-order valence-corrected chi connectivity index (χ4v) is 2.49. The van der Waals surface area contributed by atoms with Crippen molar-refractivity contribution >= 4 is 11.8 Å². The Morgan fingerprint density at radius 1 is 1.04 bits per heavy atom. The molecule has 0 spiro atoms. The van der Waals surface area contributed by atoms with Crippen LogP contribution in [0.1, 0.15) is 10.4 Å². The van der Waals surface area contributed by atoms with Crippen molar-refractivity contribution in [3.05, 3.63) is 54.2 Å². The van der Waals surface area contributed by atoms with Gasteiger partial charge in [-0.1, -0.05) is 0 Å². The van der Waals surface area contributed by atoms with E-state index in [4.69, 9.17) is 9.15 Å². The number of hydrogen-bond acceptors (Lipinski definition) is 4. The van der Waals surface area contributed by atoms with Gasteiger partial charge in [-0.2, -0.15) is 0 Å². The van der Waals surface area contributed by atoms with Gasteiger partial charge in [0.2, 0.25) is 0 Å². The van der Waals surface area contributed by atoms with Crippen LogP contribution in [0.3, 0.4) is 0 Å². The Labute approximate surface area is 138 Å². The normalized spacial score (nSPS) is 14.5. The first-order chi connectivity index (χ1) is 11.6. The van der Waals surface area contributed by atoms with E-state index >= 15 is 0 Å². The summed E-state index contributed by atoms with van der Waals surface area (Å²) in [4.78, 5) is 27.7. The highest BCUT2D eigenvalue weighted by atomic mass is 19.1. The number of halogens is 1. The van der Waals surface area contributed by atoms with E-state index < -0.39 is 0 Å². The van der Waals surface area contributed by atoms with Gasteiger partial charge in [-0.15, -0.1) is 0 Å². The second kappa shape index (κ2) is 7.16. The van der Waals surface area contributed by atoms with Crippen LogP contribution < -0.4 is 4.74 Å². The van der Waals surface area contributed by atoms with E-state index in [0.29, 0.717) is 37.5 Å². The van der Waals surface area contributed by atoms with Crippen LogP contribution in [0.25, 0.3) is 0 Å². The van der Waals surface area contributed by atoms with Crippen molar-refractivity contribution in [1.82, 2.24) is 9.80 Å². The molecule has 2 amide bonds. The Morgan fingerprint density at radius 2 is 1.71 bits per heavy atom. The fraction of sp³-hybridized carbons (Fsp3) is 0.294. The van der Waals surface area contributed by atoms with Gasteiger partial charge in [-0.3, -0.25) is 9.59 Å². The second-order valence-corrected chi connectivity index (χ2v) is 5.43. The molecule has 0 bridgehead atoms. The van der Waals surface area contributed by atoms with Crippen molar-refractivity contribution in [3.8, 4) is 5.75 Å². The van der Waals surface area contributed by atoms with Gasteiger partial charge < -0.3 is 19.0 Å². The van der Waals surface area contributed by atoms with E-state index in [0.717, 1.165) is 0 Å². The minimum Gasteiger partial charge on any atom is -0.484 e. The molecule has 2 aromatic rings. The number of benzene rings is 1. The van der Waals surface area contributed by atoms with Crippen LogP contribution in [0.15, 0.2) is 47.3 Å². The lowest BCUT2D eigenvalue weighted by Crippen LogP contribution is -2.51. The highest BCUT2D eigenvalue weighted by molar-refractivity contribution is 5.94. The molecule has 0 atom stereocenters. The summed E-state index contributed by atoms with van der Waals surface area (Å²) in [6, 6.07) is 7.13. The van der Waals surface area contributed by atoms with Crippen molar-refractivity contribution in [2.45, 2.75) is 0 Å². The van der Waals surface area contributed by atoms with E-state index in [1.54, 1.807) is 15.9 Å². The van der Waals surface area contributed by atoms with Crippen molar-refractivity contribution in [3.63, 3.8) is 0 Å². The molecule has 0 aliphatic carbocycles. The van der Waals surface area contributed by atoms with Crippen LogP contribution >= 0.6 is 0 Å². The third kappa shape index (κ3) is 3.73. The van der Waals surface area contributed by atoms with Crippen molar-refractivity contribution < 1.29 is 23.1 Å². The van der Waals surface area contributed by atoms with E-state index in [1.807, 2.05) is 0 Å². The highest BCUT2D eigenvalue weighted by Crippen LogP contribution is 2.12. The van der Waals surface area contributed by atoms with Crippen LogP contribution in [0.4, 0.5) is 4.39 Å². The molecule has 126 valence electrons. The topological polar surface area (TPSA) is 63.0 Å². The van der Waals surface area contributed by atoms with Gasteiger partial charge in [0.05, 0.1) is 11.8 Å². The average molecular weight is 332 g/mol. The zero-order valence-corrected chi connectivity index (χ0v) is 13.0. The molecule has 24 heavy (non-hydrogen) atoms. The monoisotopic (exact) mass is 332 g/mol. The van der Waals surface area contributed by atoms with Crippen molar-refractivity contribution in [2.75, 3.05) is 32.8 Å². The lowest BCUT2D eigenvalue weighted by molar-refractivity contribution is -0.134. The summed E-state index contributed by atoms with van der Waals surface area (Å²) in [5, 5.41) is 0. The number of carbonyl (C=O) groups is 2. The molecular weight excluding hydrogens is 315 g/mol. The van der Waals surface area contributed by atoms with Gasteiger partial charge in [-0.05, 0) is 30.3 Å².